The molecule has 2 N–H and O–H groups in total. The van der Waals surface area contributed by atoms with E-state index in [0.29, 0.717) is 19.6 Å². The van der Waals surface area contributed by atoms with Crippen LogP contribution < -0.4 is 5.73 Å². The molecular formula is C13H25NO3S. The SMILES string of the molecule is CCCCCS(=O)C1CC2(CCC1N)OCCO2. The van der Waals surface area contributed by atoms with E-state index in [0.717, 1.165) is 37.9 Å². The van der Waals surface area contributed by atoms with Crippen LogP contribution in [0.25, 0.3) is 0 Å². The average Bonchev–Trinajstić information content (AvgIpc) is 2.81. The van der Waals surface area contributed by atoms with Crippen LogP contribution in [-0.4, -0.2) is 40.3 Å². The Bertz CT molecular complexity index is 292. The zero-order valence-electron chi connectivity index (χ0n) is 11.2. The van der Waals surface area contributed by atoms with Crippen molar-refractivity contribution in [2.75, 3.05) is 19.0 Å². The highest BCUT2D eigenvalue weighted by molar-refractivity contribution is 7.85. The minimum atomic E-state index is -0.845. The molecule has 106 valence electrons. The van der Waals surface area contributed by atoms with Crippen LogP contribution in [-0.2, 0) is 20.3 Å². The van der Waals surface area contributed by atoms with Crippen molar-refractivity contribution in [3.63, 3.8) is 0 Å². The summed E-state index contributed by atoms with van der Waals surface area (Å²) in [6.45, 7) is 3.47. The number of hydrogen-bond acceptors (Lipinski definition) is 4. The van der Waals surface area contributed by atoms with Crippen LogP contribution in [0.4, 0.5) is 0 Å². The van der Waals surface area contributed by atoms with E-state index in [2.05, 4.69) is 6.92 Å². The molecule has 2 rings (SSSR count). The molecule has 1 aliphatic heterocycles. The molecule has 1 saturated carbocycles. The molecule has 18 heavy (non-hydrogen) atoms. The number of nitrogens with two attached hydrogens (primary N) is 1. The van der Waals surface area contributed by atoms with Gasteiger partial charge in [0.1, 0.15) is 0 Å². The molecule has 0 aromatic rings. The molecule has 1 heterocycles. The smallest absolute Gasteiger partial charge is 0.169 e. The van der Waals surface area contributed by atoms with Crippen molar-refractivity contribution in [2.24, 2.45) is 5.73 Å². The second-order valence-corrected chi connectivity index (χ2v) is 7.12. The van der Waals surface area contributed by atoms with Gasteiger partial charge in [0.25, 0.3) is 0 Å². The Labute approximate surface area is 112 Å². The molecule has 1 spiro atoms. The molecule has 5 heteroatoms. The maximum absolute atomic E-state index is 12.3. The van der Waals surface area contributed by atoms with Gasteiger partial charge in [-0.3, -0.25) is 4.21 Å². The molecule has 1 aliphatic carbocycles. The minimum Gasteiger partial charge on any atom is -0.347 e. The molecule has 0 bridgehead atoms. The summed E-state index contributed by atoms with van der Waals surface area (Å²) in [6.07, 6.45) is 5.73. The predicted molar refractivity (Wildman–Crippen MR) is 72.8 cm³/mol. The number of rotatable bonds is 5. The lowest BCUT2D eigenvalue weighted by molar-refractivity contribution is -0.177. The summed E-state index contributed by atoms with van der Waals surface area (Å²) in [5, 5.41) is 0.0358. The topological polar surface area (TPSA) is 61.6 Å². The fraction of sp³-hybridized carbons (Fsp3) is 1.00. The van der Waals surface area contributed by atoms with Gasteiger partial charge in [-0.15, -0.1) is 0 Å². The van der Waals surface area contributed by atoms with E-state index in [1.807, 2.05) is 0 Å². The Morgan fingerprint density at radius 2 is 2.06 bits per heavy atom. The summed E-state index contributed by atoms with van der Waals surface area (Å²) in [5.41, 5.74) is 6.13. The lowest BCUT2D eigenvalue weighted by atomic mass is 9.90. The van der Waals surface area contributed by atoms with Crippen LogP contribution >= 0.6 is 0 Å². The highest BCUT2D eigenvalue weighted by Gasteiger charge is 2.45. The van der Waals surface area contributed by atoms with Crippen LogP contribution in [0.15, 0.2) is 0 Å². The van der Waals surface area contributed by atoms with E-state index in [4.69, 9.17) is 15.2 Å². The van der Waals surface area contributed by atoms with Gasteiger partial charge in [0.15, 0.2) is 5.79 Å². The lowest BCUT2D eigenvalue weighted by Crippen LogP contribution is -2.51. The third-order valence-electron chi connectivity index (χ3n) is 3.95. The molecule has 3 atom stereocenters. The van der Waals surface area contributed by atoms with Gasteiger partial charge in [-0.2, -0.15) is 0 Å². The van der Waals surface area contributed by atoms with Gasteiger partial charge >= 0.3 is 0 Å². The summed E-state index contributed by atoms with van der Waals surface area (Å²) in [5.74, 6) is 0.295. The maximum atomic E-state index is 12.3. The molecule has 0 aromatic heterocycles. The Morgan fingerprint density at radius 1 is 1.33 bits per heavy atom. The third kappa shape index (κ3) is 3.32. The van der Waals surface area contributed by atoms with Crippen molar-refractivity contribution in [2.45, 2.75) is 62.5 Å². The quantitative estimate of drug-likeness (QED) is 0.773. The van der Waals surface area contributed by atoms with Gasteiger partial charge in [-0.25, -0.2) is 0 Å². The molecule has 3 unspecified atom stereocenters. The van der Waals surface area contributed by atoms with Gasteiger partial charge < -0.3 is 15.2 Å². The lowest BCUT2D eigenvalue weighted by Gasteiger charge is -2.39. The monoisotopic (exact) mass is 275 g/mol. The first-order valence-corrected chi connectivity index (χ1v) is 8.46. The first-order valence-electron chi connectivity index (χ1n) is 7.07. The van der Waals surface area contributed by atoms with Crippen molar-refractivity contribution in [1.29, 1.82) is 0 Å². The normalized spacial score (nSPS) is 32.8. The van der Waals surface area contributed by atoms with Crippen LogP contribution in [0.2, 0.25) is 0 Å². The van der Waals surface area contributed by atoms with E-state index >= 15 is 0 Å². The fourth-order valence-electron chi connectivity index (χ4n) is 2.83. The van der Waals surface area contributed by atoms with Crippen molar-refractivity contribution >= 4 is 10.8 Å². The standard InChI is InChI=1S/C13H25NO3S/c1-2-3-4-9-18(15)12-10-13(6-5-11(12)14)16-7-8-17-13/h11-12H,2-10,14H2,1H3. The van der Waals surface area contributed by atoms with E-state index in [1.54, 1.807) is 0 Å². The van der Waals surface area contributed by atoms with Gasteiger partial charge in [0.05, 0.1) is 18.5 Å². The number of ether oxygens (including phenoxy) is 2. The van der Waals surface area contributed by atoms with E-state index in [-0.39, 0.29) is 11.3 Å². The Balaban J connectivity index is 1.90. The predicted octanol–water partition coefficient (Wildman–Crippen LogP) is 1.55. The van der Waals surface area contributed by atoms with E-state index in [1.165, 1.54) is 0 Å². The fourth-order valence-corrected chi connectivity index (χ4v) is 4.58. The molecule has 4 nitrogen and oxygen atoms in total. The third-order valence-corrected chi connectivity index (χ3v) is 5.83. The molecular weight excluding hydrogens is 250 g/mol. The summed E-state index contributed by atoms with van der Waals surface area (Å²) in [4.78, 5) is 0. The Morgan fingerprint density at radius 3 is 2.72 bits per heavy atom. The van der Waals surface area contributed by atoms with Gasteiger partial charge in [0, 0.05) is 35.4 Å². The summed E-state index contributed by atoms with van der Waals surface area (Å²) < 4.78 is 23.8. The maximum Gasteiger partial charge on any atom is 0.169 e. The zero-order chi connectivity index (χ0) is 13.0. The van der Waals surface area contributed by atoms with Crippen LogP contribution in [0.3, 0.4) is 0 Å². The summed E-state index contributed by atoms with van der Waals surface area (Å²) in [6, 6.07) is 0.0332. The summed E-state index contributed by atoms with van der Waals surface area (Å²) >= 11 is 0. The molecule has 2 fully saturated rings. The van der Waals surface area contributed by atoms with Gasteiger partial charge in [-0.1, -0.05) is 19.8 Å². The molecule has 0 radical (unpaired) electrons. The zero-order valence-corrected chi connectivity index (χ0v) is 12.0. The molecule has 0 amide bonds. The first kappa shape index (κ1) is 14.4. The highest BCUT2D eigenvalue weighted by Crippen LogP contribution is 2.37. The average molecular weight is 275 g/mol. The van der Waals surface area contributed by atoms with Crippen LogP contribution in [0.1, 0.15) is 45.4 Å². The first-order chi connectivity index (χ1) is 8.67. The van der Waals surface area contributed by atoms with E-state index < -0.39 is 16.6 Å². The van der Waals surface area contributed by atoms with Crippen molar-refractivity contribution in [1.82, 2.24) is 0 Å². The minimum absolute atomic E-state index is 0.0332. The largest absolute Gasteiger partial charge is 0.347 e. The van der Waals surface area contributed by atoms with Crippen LogP contribution in [0, 0.1) is 0 Å². The van der Waals surface area contributed by atoms with Gasteiger partial charge in [-0.05, 0) is 12.8 Å². The second kappa shape index (κ2) is 6.46. The Hall–Kier alpha value is 0.0300. The highest BCUT2D eigenvalue weighted by atomic mass is 32.2. The van der Waals surface area contributed by atoms with Crippen molar-refractivity contribution < 1.29 is 13.7 Å². The van der Waals surface area contributed by atoms with Crippen molar-refractivity contribution in [3.8, 4) is 0 Å². The van der Waals surface area contributed by atoms with Crippen LogP contribution in [0.5, 0.6) is 0 Å². The van der Waals surface area contributed by atoms with E-state index in [9.17, 15) is 4.21 Å². The molecule has 1 saturated heterocycles. The number of hydrogen-bond donors (Lipinski definition) is 1. The Kier molecular flexibility index (Phi) is 5.18. The number of unbranched alkanes of at least 4 members (excludes halogenated alkanes) is 2. The summed E-state index contributed by atoms with van der Waals surface area (Å²) in [7, 11) is -0.845. The molecule has 0 aromatic carbocycles. The van der Waals surface area contributed by atoms with Crippen molar-refractivity contribution in [3.05, 3.63) is 0 Å². The van der Waals surface area contributed by atoms with Gasteiger partial charge in [0.2, 0.25) is 0 Å². The molecule has 2 aliphatic rings. The second-order valence-electron chi connectivity index (χ2n) is 5.34.